The van der Waals surface area contributed by atoms with E-state index in [9.17, 15) is 19.2 Å². The number of hydrogen-bond donors (Lipinski definition) is 3. The summed E-state index contributed by atoms with van der Waals surface area (Å²) in [5.41, 5.74) is 7.14. The first-order valence-corrected chi connectivity index (χ1v) is 8.03. The number of nitrogens with two attached hydrogens (primary N) is 1. The van der Waals surface area contributed by atoms with Crippen LogP contribution in [0.15, 0.2) is 29.1 Å². The molecular formula is C18H18N4O4. The summed E-state index contributed by atoms with van der Waals surface area (Å²) in [6.07, 6.45) is 0. The molecule has 0 fully saturated rings. The normalized spacial score (nSPS) is 12.9. The summed E-state index contributed by atoms with van der Waals surface area (Å²) in [5, 5.41) is 4.92. The van der Waals surface area contributed by atoms with Crippen LogP contribution >= 0.6 is 0 Å². The Morgan fingerprint density at radius 3 is 2.50 bits per heavy atom. The molecule has 26 heavy (non-hydrogen) atoms. The Hall–Kier alpha value is -3.42. The molecule has 0 radical (unpaired) electrons. The molecule has 1 aromatic carbocycles. The number of nitrogen functional groups attached to an aromatic ring is 1. The summed E-state index contributed by atoms with van der Waals surface area (Å²) in [6, 6.07) is 6.07. The number of amides is 3. The fourth-order valence-electron chi connectivity index (χ4n) is 2.71. The minimum Gasteiger partial charge on any atom is -0.384 e. The molecule has 8 heteroatoms. The van der Waals surface area contributed by atoms with Crippen molar-refractivity contribution >= 4 is 29.2 Å². The molecule has 0 unspecified atom stereocenters. The maximum atomic E-state index is 12.5. The fraction of sp³-hybridized carbons (Fsp3) is 0.222. The van der Waals surface area contributed by atoms with E-state index in [4.69, 9.17) is 5.73 Å². The Morgan fingerprint density at radius 1 is 1.15 bits per heavy atom. The van der Waals surface area contributed by atoms with E-state index in [-0.39, 0.29) is 28.8 Å². The number of pyridine rings is 1. The zero-order valence-corrected chi connectivity index (χ0v) is 14.5. The highest BCUT2D eigenvalue weighted by Crippen LogP contribution is 2.25. The van der Waals surface area contributed by atoms with Crippen LogP contribution in [0.4, 0.5) is 11.5 Å². The van der Waals surface area contributed by atoms with Crippen molar-refractivity contribution in [1.82, 2.24) is 9.88 Å². The second-order valence-electron chi connectivity index (χ2n) is 6.42. The Labute approximate surface area is 149 Å². The van der Waals surface area contributed by atoms with Crippen molar-refractivity contribution in [3.8, 4) is 5.69 Å². The van der Waals surface area contributed by atoms with Crippen LogP contribution in [0.2, 0.25) is 0 Å². The molecular weight excluding hydrogens is 336 g/mol. The topological polar surface area (TPSA) is 123 Å². The zero-order chi connectivity index (χ0) is 19.2. The summed E-state index contributed by atoms with van der Waals surface area (Å²) in [6.45, 7) is 5.36. The number of anilines is 2. The van der Waals surface area contributed by atoms with E-state index in [1.807, 2.05) is 6.92 Å². The maximum Gasteiger partial charge on any atom is 0.262 e. The van der Waals surface area contributed by atoms with E-state index in [1.54, 1.807) is 32.0 Å². The van der Waals surface area contributed by atoms with E-state index in [2.05, 4.69) is 10.6 Å². The smallest absolute Gasteiger partial charge is 0.262 e. The molecule has 134 valence electrons. The molecule has 3 amide bonds. The molecule has 0 saturated heterocycles. The second-order valence-corrected chi connectivity index (χ2v) is 6.42. The van der Waals surface area contributed by atoms with Gasteiger partial charge in [0.05, 0.1) is 16.8 Å². The third kappa shape index (κ3) is 2.75. The third-order valence-electron chi connectivity index (χ3n) is 4.21. The summed E-state index contributed by atoms with van der Waals surface area (Å²) in [5.74, 6) is -1.78. The van der Waals surface area contributed by atoms with Gasteiger partial charge in [0.2, 0.25) is 5.91 Å². The number of fused-ring (bicyclic) bond motifs is 1. The number of nitrogens with zero attached hydrogens (tertiary/aromatic N) is 1. The first kappa shape index (κ1) is 17.4. The zero-order valence-electron chi connectivity index (χ0n) is 14.5. The van der Waals surface area contributed by atoms with Crippen molar-refractivity contribution in [2.75, 3.05) is 11.1 Å². The van der Waals surface area contributed by atoms with Gasteiger partial charge in [-0.2, -0.15) is 0 Å². The number of aromatic nitrogens is 1. The van der Waals surface area contributed by atoms with Gasteiger partial charge in [0.1, 0.15) is 5.82 Å². The number of carbonyl (C=O) groups excluding carboxylic acids is 3. The largest absolute Gasteiger partial charge is 0.384 e. The van der Waals surface area contributed by atoms with Gasteiger partial charge in [-0.1, -0.05) is 19.9 Å². The Kier molecular flexibility index (Phi) is 4.11. The highest BCUT2D eigenvalue weighted by Gasteiger charge is 2.31. The number of hydrogen-bond acceptors (Lipinski definition) is 5. The Bertz CT molecular complexity index is 1020. The van der Waals surface area contributed by atoms with Gasteiger partial charge in [0.25, 0.3) is 17.4 Å². The van der Waals surface area contributed by atoms with Crippen molar-refractivity contribution in [3.63, 3.8) is 0 Å². The number of rotatable bonds is 3. The number of carbonyl (C=O) groups is 3. The quantitative estimate of drug-likeness (QED) is 0.715. The lowest BCUT2D eigenvalue weighted by Gasteiger charge is -2.15. The van der Waals surface area contributed by atoms with Gasteiger partial charge in [-0.3, -0.25) is 29.1 Å². The standard InChI is InChI=1S/C18H18N4O4/c1-8(2)16(24)20-12-6-10(5-4-9(12)3)22-13(23)7-11-14(15(22)19)18(26)21-17(11)25/h4-8H,19H2,1-3H3,(H,20,24)(H,21,25,26). The molecule has 0 atom stereocenters. The van der Waals surface area contributed by atoms with E-state index in [1.165, 1.54) is 0 Å². The summed E-state index contributed by atoms with van der Waals surface area (Å²) in [7, 11) is 0. The van der Waals surface area contributed by atoms with Crippen LogP contribution in [0.5, 0.6) is 0 Å². The number of imide groups is 1. The molecule has 8 nitrogen and oxygen atoms in total. The third-order valence-corrected chi connectivity index (χ3v) is 4.21. The van der Waals surface area contributed by atoms with Crippen LogP contribution < -0.4 is 21.9 Å². The second kappa shape index (κ2) is 6.14. The van der Waals surface area contributed by atoms with Gasteiger partial charge >= 0.3 is 0 Å². The first-order chi connectivity index (χ1) is 12.2. The summed E-state index contributed by atoms with van der Waals surface area (Å²) in [4.78, 5) is 48.1. The van der Waals surface area contributed by atoms with Crippen LogP contribution in [0, 0.1) is 12.8 Å². The van der Waals surface area contributed by atoms with Gasteiger partial charge in [-0.25, -0.2) is 0 Å². The highest BCUT2D eigenvalue weighted by molar-refractivity contribution is 6.23. The number of benzene rings is 1. The SMILES string of the molecule is Cc1ccc(-n2c(N)c3c(cc2=O)C(=O)NC3=O)cc1NC(=O)C(C)C. The molecule has 0 bridgehead atoms. The lowest BCUT2D eigenvalue weighted by atomic mass is 10.1. The monoisotopic (exact) mass is 354 g/mol. The Morgan fingerprint density at radius 2 is 1.85 bits per heavy atom. The minimum atomic E-state index is -0.644. The predicted molar refractivity (Wildman–Crippen MR) is 96.5 cm³/mol. The van der Waals surface area contributed by atoms with Crippen molar-refractivity contribution in [1.29, 1.82) is 0 Å². The maximum absolute atomic E-state index is 12.5. The van der Waals surface area contributed by atoms with Crippen LogP contribution in [0.25, 0.3) is 5.69 Å². The van der Waals surface area contributed by atoms with E-state index < -0.39 is 17.4 Å². The molecule has 4 N–H and O–H groups in total. The van der Waals surface area contributed by atoms with Crippen molar-refractivity contribution in [3.05, 3.63) is 51.3 Å². The highest BCUT2D eigenvalue weighted by atomic mass is 16.2. The lowest BCUT2D eigenvalue weighted by molar-refractivity contribution is -0.118. The molecule has 0 aliphatic carbocycles. The summed E-state index contributed by atoms with van der Waals surface area (Å²) < 4.78 is 1.14. The molecule has 2 aromatic rings. The van der Waals surface area contributed by atoms with Gasteiger partial charge in [0.15, 0.2) is 0 Å². The van der Waals surface area contributed by atoms with Crippen LogP contribution in [0.1, 0.15) is 40.1 Å². The van der Waals surface area contributed by atoms with Gasteiger partial charge in [0, 0.05) is 17.7 Å². The molecule has 3 rings (SSSR count). The van der Waals surface area contributed by atoms with Crippen LogP contribution in [0.3, 0.4) is 0 Å². The van der Waals surface area contributed by atoms with Crippen molar-refractivity contribution < 1.29 is 14.4 Å². The fourth-order valence-corrected chi connectivity index (χ4v) is 2.71. The van der Waals surface area contributed by atoms with Crippen molar-refractivity contribution in [2.24, 2.45) is 5.92 Å². The van der Waals surface area contributed by atoms with E-state index >= 15 is 0 Å². The van der Waals surface area contributed by atoms with Gasteiger partial charge < -0.3 is 11.1 Å². The molecule has 1 aromatic heterocycles. The van der Waals surface area contributed by atoms with Crippen LogP contribution in [-0.4, -0.2) is 22.3 Å². The van der Waals surface area contributed by atoms with E-state index in [0.29, 0.717) is 11.4 Å². The van der Waals surface area contributed by atoms with Gasteiger partial charge in [-0.05, 0) is 24.6 Å². The lowest BCUT2D eigenvalue weighted by Crippen LogP contribution is -2.24. The molecule has 1 aliphatic rings. The number of aryl methyl sites for hydroxylation is 1. The molecule has 2 heterocycles. The molecule has 1 aliphatic heterocycles. The molecule has 0 saturated carbocycles. The number of nitrogens with one attached hydrogen (secondary N) is 2. The van der Waals surface area contributed by atoms with Crippen LogP contribution in [-0.2, 0) is 4.79 Å². The van der Waals surface area contributed by atoms with E-state index in [0.717, 1.165) is 16.2 Å². The minimum absolute atomic E-state index is 0.0251. The van der Waals surface area contributed by atoms with Gasteiger partial charge in [-0.15, -0.1) is 0 Å². The first-order valence-electron chi connectivity index (χ1n) is 8.03. The summed E-state index contributed by atoms with van der Waals surface area (Å²) >= 11 is 0. The Balaban J connectivity index is 2.15. The van der Waals surface area contributed by atoms with Crippen molar-refractivity contribution in [2.45, 2.75) is 20.8 Å². The predicted octanol–water partition coefficient (Wildman–Crippen LogP) is 1.21. The molecule has 0 spiro atoms. The average molecular weight is 354 g/mol. The average Bonchev–Trinajstić information content (AvgIpc) is 2.84.